The average molecular weight is 224 g/mol. The molecule has 3 unspecified atom stereocenters. The average Bonchev–Trinajstić information content (AvgIpc) is 2.84. The second kappa shape index (κ2) is 4.77. The van der Waals surface area contributed by atoms with Gasteiger partial charge in [-0.1, -0.05) is 39.0 Å². The summed E-state index contributed by atoms with van der Waals surface area (Å²) in [6.45, 7) is 2.20. The summed E-state index contributed by atoms with van der Waals surface area (Å²) < 4.78 is 0. The fraction of sp³-hybridized carbons (Fsp3) is 0.929. The molecule has 0 saturated heterocycles. The molecular weight excluding hydrogens is 200 g/mol. The lowest BCUT2D eigenvalue weighted by atomic mass is 9.70. The van der Waals surface area contributed by atoms with Crippen LogP contribution in [0.1, 0.15) is 64.7 Å². The van der Waals surface area contributed by atoms with Gasteiger partial charge in [0.05, 0.1) is 5.41 Å². The highest BCUT2D eigenvalue weighted by molar-refractivity contribution is 5.75. The van der Waals surface area contributed by atoms with Crippen LogP contribution in [0, 0.1) is 17.3 Å². The summed E-state index contributed by atoms with van der Waals surface area (Å²) >= 11 is 0. The van der Waals surface area contributed by atoms with E-state index < -0.39 is 5.97 Å². The van der Waals surface area contributed by atoms with Gasteiger partial charge >= 0.3 is 5.97 Å². The minimum Gasteiger partial charge on any atom is -0.481 e. The summed E-state index contributed by atoms with van der Waals surface area (Å²) in [4.78, 5) is 11.6. The monoisotopic (exact) mass is 224 g/mol. The Morgan fingerprint density at radius 3 is 2.62 bits per heavy atom. The van der Waals surface area contributed by atoms with E-state index in [0.717, 1.165) is 25.2 Å². The lowest BCUT2D eigenvalue weighted by Gasteiger charge is -2.33. The van der Waals surface area contributed by atoms with E-state index in [-0.39, 0.29) is 5.41 Å². The molecule has 0 aromatic heterocycles. The molecule has 2 saturated carbocycles. The normalized spacial score (nSPS) is 36.8. The van der Waals surface area contributed by atoms with Crippen LogP contribution in [0.3, 0.4) is 0 Å². The van der Waals surface area contributed by atoms with E-state index in [1.165, 1.54) is 38.5 Å². The fourth-order valence-corrected chi connectivity index (χ4v) is 3.99. The van der Waals surface area contributed by atoms with Gasteiger partial charge in [-0.05, 0) is 37.5 Å². The molecular formula is C14H24O2. The van der Waals surface area contributed by atoms with E-state index in [1.54, 1.807) is 0 Å². The van der Waals surface area contributed by atoms with Gasteiger partial charge in [-0.25, -0.2) is 0 Å². The van der Waals surface area contributed by atoms with Crippen molar-refractivity contribution in [2.45, 2.75) is 64.7 Å². The van der Waals surface area contributed by atoms with Crippen LogP contribution in [-0.4, -0.2) is 11.1 Å². The zero-order valence-corrected chi connectivity index (χ0v) is 10.4. The number of hydrogen-bond donors (Lipinski definition) is 1. The van der Waals surface area contributed by atoms with E-state index in [0.29, 0.717) is 5.92 Å². The van der Waals surface area contributed by atoms with Gasteiger partial charge in [0.25, 0.3) is 0 Å². The predicted octanol–water partition coefficient (Wildman–Crippen LogP) is 3.85. The van der Waals surface area contributed by atoms with E-state index >= 15 is 0 Å². The molecule has 3 atom stereocenters. The van der Waals surface area contributed by atoms with Crippen molar-refractivity contribution >= 4 is 5.97 Å². The lowest BCUT2D eigenvalue weighted by Crippen LogP contribution is -2.36. The highest BCUT2D eigenvalue weighted by atomic mass is 16.4. The number of carboxylic acids is 1. The zero-order chi connectivity index (χ0) is 11.6. The largest absolute Gasteiger partial charge is 0.481 e. The molecule has 1 N–H and O–H groups in total. The molecule has 2 aliphatic rings. The molecule has 92 valence electrons. The predicted molar refractivity (Wildman–Crippen MR) is 64.3 cm³/mol. The van der Waals surface area contributed by atoms with Crippen LogP contribution >= 0.6 is 0 Å². The Kier molecular flexibility index (Phi) is 3.56. The van der Waals surface area contributed by atoms with Crippen molar-refractivity contribution in [2.75, 3.05) is 0 Å². The highest BCUT2D eigenvalue weighted by Gasteiger charge is 2.54. The molecule has 2 bridgehead atoms. The maximum Gasteiger partial charge on any atom is 0.309 e. The van der Waals surface area contributed by atoms with Gasteiger partial charge in [-0.15, -0.1) is 0 Å². The smallest absolute Gasteiger partial charge is 0.309 e. The molecule has 2 heteroatoms. The number of rotatable bonds is 6. The quantitative estimate of drug-likeness (QED) is 0.696. The summed E-state index contributed by atoms with van der Waals surface area (Å²) in [5.74, 6) is 0.722. The summed E-state index contributed by atoms with van der Waals surface area (Å²) in [7, 11) is 0. The molecule has 0 aromatic rings. The maximum absolute atomic E-state index is 11.6. The minimum absolute atomic E-state index is 0.323. The van der Waals surface area contributed by atoms with Crippen LogP contribution in [0.25, 0.3) is 0 Å². The third kappa shape index (κ3) is 1.99. The van der Waals surface area contributed by atoms with Crippen molar-refractivity contribution < 1.29 is 9.90 Å². The number of fused-ring (bicyclic) bond motifs is 2. The van der Waals surface area contributed by atoms with Gasteiger partial charge in [-0.2, -0.15) is 0 Å². The third-order valence-electron chi connectivity index (χ3n) is 4.88. The summed E-state index contributed by atoms with van der Waals surface area (Å²) in [5, 5.41) is 9.54. The first-order valence-corrected chi connectivity index (χ1v) is 6.92. The Morgan fingerprint density at radius 2 is 2.12 bits per heavy atom. The van der Waals surface area contributed by atoms with Crippen LogP contribution in [0.5, 0.6) is 0 Å². The molecule has 0 spiro atoms. The molecule has 0 radical (unpaired) electrons. The van der Waals surface area contributed by atoms with Gasteiger partial charge in [0.2, 0.25) is 0 Å². The van der Waals surface area contributed by atoms with E-state index in [2.05, 4.69) is 6.92 Å². The summed E-state index contributed by atoms with van der Waals surface area (Å²) in [5.41, 5.74) is -0.323. The Morgan fingerprint density at radius 1 is 1.31 bits per heavy atom. The van der Waals surface area contributed by atoms with Gasteiger partial charge in [0.1, 0.15) is 0 Å². The van der Waals surface area contributed by atoms with Gasteiger partial charge in [-0.3, -0.25) is 4.79 Å². The van der Waals surface area contributed by atoms with E-state index in [4.69, 9.17) is 0 Å². The SMILES string of the molecule is CCCCCCC1(C(=O)O)CC2CCC1C2. The van der Waals surface area contributed by atoms with Crippen LogP contribution in [0.4, 0.5) is 0 Å². The number of aliphatic carboxylic acids is 1. The molecule has 0 amide bonds. The minimum atomic E-state index is -0.504. The topological polar surface area (TPSA) is 37.3 Å². The third-order valence-corrected chi connectivity index (χ3v) is 4.88. The van der Waals surface area contributed by atoms with Crippen molar-refractivity contribution in [3.8, 4) is 0 Å². The van der Waals surface area contributed by atoms with Crippen molar-refractivity contribution in [1.82, 2.24) is 0 Å². The van der Waals surface area contributed by atoms with Gasteiger partial charge in [0.15, 0.2) is 0 Å². The van der Waals surface area contributed by atoms with Crippen molar-refractivity contribution in [1.29, 1.82) is 0 Å². The molecule has 2 fully saturated rings. The van der Waals surface area contributed by atoms with Crippen LogP contribution in [-0.2, 0) is 4.79 Å². The molecule has 2 rings (SSSR count). The molecule has 2 nitrogen and oxygen atoms in total. The molecule has 0 heterocycles. The Bertz CT molecular complexity index is 261. The molecule has 16 heavy (non-hydrogen) atoms. The van der Waals surface area contributed by atoms with E-state index in [9.17, 15) is 9.90 Å². The van der Waals surface area contributed by atoms with Crippen molar-refractivity contribution in [3.05, 3.63) is 0 Å². The van der Waals surface area contributed by atoms with Crippen LogP contribution in [0.15, 0.2) is 0 Å². The highest BCUT2D eigenvalue weighted by Crippen LogP contribution is 2.58. The summed E-state index contributed by atoms with van der Waals surface area (Å²) in [6, 6.07) is 0. The first-order chi connectivity index (χ1) is 7.69. The molecule has 0 aliphatic heterocycles. The first kappa shape index (κ1) is 11.9. The zero-order valence-electron chi connectivity index (χ0n) is 10.4. The Hall–Kier alpha value is -0.530. The van der Waals surface area contributed by atoms with Gasteiger partial charge < -0.3 is 5.11 Å². The summed E-state index contributed by atoms with van der Waals surface area (Å²) in [6.07, 6.45) is 10.4. The second-order valence-corrected chi connectivity index (χ2v) is 5.85. The molecule has 2 aliphatic carbocycles. The van der Waals surface area contributed by atoms with Crippen LogP contribution in [0.2, 0.25) is 0 Å². The van der Waals surface area contributed by atoms with Crippen LogP contribution < -0.4 is 0 Å². The number of hydrogen-bond acceptors (Lipinski definition) is 1. The second-order valence-electron chi connectivity index (χ2n) is 5.85. The van der Waals surface area contributed by atoms with E-state index in [1.807, 2.05) is 0 Å². The van der Waals surface area contributed by atoms with Crippen molar-refractivity contribution in [3.63, 3.8) is 0 Å². The van der Waals surface area contributed by atoms with Gasteiger partial charge in [0, 0.05) is 0 Å². The number of unbranched alkanes of at least 4 members (excludes halogenated alkanes) is 3. The first-order valence-electron chi connectivity index (χ1n) is 6.92. The standard InChI is InChI=1S/C14H24O2/c1-2-3-4-5-8-14(13(15)16)10-11-6-7-12(14)9-11/h11-12H,2-10H2,1H3,(H,15,16). The maximum atomic E-state index is 11.6. The Balaban J connectivity index is 1.93. The fourth-order valence-electron chi connectivity index (χ4n) is 3.99. The molecule has 0 aromatic carbocycles. The van der Waals surface area contributed by atoms with Crippen molar-refractivity contribution in [2.24, 2.45) is 17.3 Å². The number of carbonyl (C=O) groups is 1. The lowest BCUT2D eigenvalue weighted by molar-refractivity contribution is -0.153. The number of carboxylic acid groups (broad SMARTS) is 1. The Labute approximate surface area is 98.4 Å².